The van der Waals surface area contributed by atoms with Crippen LogP contribution in [0.5, 0.6) is 0 Å². The third-order valence-electron chi connectivity index (χ3n) is 3.81. The number of phosphoric acid groups is 1. The molecular weight excluding hydrogens is 361 g/mol. The number of aromatic nitrogens is 4. The molecule has 1 aliphatic rings. The number of aliphatic hydroxyl groups is 2. The second-order valence-electron chi connectivity index (χ2n) is 5.56. The zero-order valence-corrected chi connectivity index (χ0v) is 13.8. The van der Waals surface area contributed by atoms with Gasteiger partial charge >= 0.3 is 13.4 Å². The van der Waals surface area contributed by atoms with E-state index in [1.165, 1.54) is 15.5 Å². The highest BCUT2D eigenvalue weighted by Crippen LogP contribution is 2.43. The van der Waals surface area contributed by atoms with Gasteiger partial charge in [0.2, 0.25) is 18.5 Å². The fourth-order valence-corrected chi connectivity index (χ4v) is 3.42. The number of aromatic amines is 1. The Morgan fingerprint density at radius 2 is 2.24 bits per heavy atom. The summed E-state index contributed by atoms with van der Waals surface area (Å²) in [5.74, 6) is -0.160. The summed E-state index contributed by atoms with van der Waals surface area (Å²) < 4.78 is 23.8. The van der Waals surface area contributed by atoms with Crippen molar-refractivity contribution in [3.63, 3.8) is 0 Å². The lowest BCUT2D eigenvalue weighted by Crippen LogP contribution is -2.35. The summed E-state index contributed by atoms with van der Waals surface area (Å²) in [7, 11) is -3.38. The molecule has 3 rings (SSSR count). The molecule has 0 saturated carbocycles. The van der Waals surface area contributed by atoms with Crippen molar-refractivity contribution in [1.82, 2.24) is 14.5 Å². The molecule has 3 heterocycles. The summed E-state index contributed by atoms with van der Waals surface area (Å²) in [4.78, 5) is 36.3. The lowest BCUT2D eigenvalue weighted by atomic mass is 10.1. The average molecular weight is 378 g/mol. The van der Waals surface area contributed by atoms with Gasteiger partial charge < -0.3 is 30.5 Å². The van der Waals surface area contributed by atoms with Gasteiger partial charge in [-0.15, -0.1) is 0 Å². The van der Waals surface area contributed by atoms with Crippen LogP contribution in [0.2, 0.25) is 0 Å². The van der Waals surface area contributed by atoms with E-state index in [1.807, 2.05) is 0 Å². The zero-order valence-electron chi connectivity index (χ0n) is 12.9. The van der Waals surface area contributed by atoms with Crippen molar-refractivity contribution in [2.45, 2.75) is 24.5 Å². The smallest absolute Gasteiger partial charge is 0.394 e. The van der Waals surface area contributed by atoms with Crippen LogP contribution >= 0.6 is 7.82 Å². The van der Waals surface area contributed by atoms with Crippen LogP contribution < -0.4 is 15.9 Å². The molecule has 0 spiro atoms. The number of phosphoric ester groups is 1. The minimum Gasteiger partial charge on any atom is -0.394 e. The molecule has 0 aliphatic carbocycles. The van der Waals surface area contributed by atoms with Gasteiger partial charge in [-0.3, -0.25) is 14.3 Å². The van der Waals surface area contributed by atoms with Gasteiger partial charge in [-0.05, 0) is 0 Å². The Kier molecular flexibility index (Phi) is 4.41. The van der Waals surface area contributed by atoms with Gasteiger partial charge in [-0.25, -0.2) is 9.13 Å². The Labute approximate surface area is 139 Å². The van der Waals surface area contributed by atoms with E-state index in [2.05, 4.69) is 14.5 Å². The third kappa shape index (κ3) is 3.18. The lowest BCUT2D eigenvalue weighted by molar-refractivity contribution is -0.646. The van der Waals surface area contributed by atoms with Crippen LogP contribution in [-0.2, 0) is 20.9 Å². The van der Waals surface area contributed by atoms with E-state index >= 15 is 0 Å². The first-order valence-corrected chi connectivity index (χ1v) is 8.59. The number of rotatable bonds is 4. The van der Waals surface area contributed by atoms with Gasteiger partial charge in [0.15, 0.2) is 0 Å². The van der Waals surface area contributed by atoms with E-state index in [-0.39, 0.29) is 17.1 Å². The summed E-state index contributed by atoms with van der Waals surface area (Å²) in [6, 6.07) is 0. The zero-order chi connectivity index (χ0) is 18.5. The van der Waals surface area contributed by atoms with Crippen LogP contribution in [0.4, 0.5) is 5.95 Å². The summed E-state index contributed by atoms with van der Waals surface area (Å²) in [6.07, 6.45) is -4.06. The number of aryl methyl sites for hydroxylation is 1. The Hall–Kier alpha value is -1.86. The molecule has 1 fully saturated rings. The van der Waals surface area contributed by atoms with Gasteiger partial charge in [0, 0.05) is 0 Å². The highest BCUT2D eigenvalue weighted by molar-refractivity contribution is 7.46. The van der Waals surface area contributed by atoms with E-state index in [9.17, 15) is 19.6 Å². The van der Waals surface area contributed by atoms with Crippen molar-refractivity contribution in [3.8, 4) is 0 Å². The molecule has 0 unspecified atom stereocenters. The third-order valence-corrected chi connectivity index (χ3v) is 4.33. The molecule has 13 nitrogen and oxygen atoms in total. The van der Waals surface area contributed by atoms with Crippen LogP contribution in [0.15, 0.2) is 11.1 Å². The molecule has 0 bridgehead atoms. The van der Waals surface area contributed by atoms with Crippen molar-refractivity contribution in [2.24, 2.45) is 7.05 Å². The SMILES string of the molecule is C[n+]1cn([C@@H]2O[C@H](CO)[C@@H](OP(=O)(O)O)[C@H]2O)c2nc(N)[nH]c(=O)c21. The molecule has 0 amide bonds. The Balaban J connectivity index is 2.07. The van der Waals surface area contributed by atoms with Crippen molar-refractivity contribution in [1.29, 1.82) is 0 Å². The topological polar surface area (TPSA) is 197 Å². The number of H-pyrrole nitrogens is 1. The maximum atomic E-state index is 12.0. The predicted molar refractivity (Wildman–Crippen MR) is 79.9 cm³/mol. The van der Waals surface area contributed by atoms with Crippen LogP contribution in [0, 0.1) is 0 Å². The highest BCUT2D eigenvalue weighted by Gasteiger charge is 2.51. The number of hydrogen-bond acceptors (Lipinski definition) is 8. The second kappa shape index (κ2) is 6.14. The summed E-state index contributed by atoms with van der Waals surface area (Å²) in [5.41, 5.74) is 5.25. The number of nitrogens with two attached hydrogens (primary N) is 1. The Morgan fingerprint density at radius 3 is 2.84 bits per heavy atom. The van der Waals surface area contributed by atoms with Crippen molar-refractivity contribution in [2.75, 3.05) is 12.3 Å². The molecule has 0 radical (unpaired) electrons. The molecule has 2 aromatic heterocycles. The number of nitrogens with zero attached hydrogens (tertiary/aromatic N) is 3. The summed E-state index contributed by atoms with van der Waals surface area (Å²) in [6.45, 7) is -0.653. The number of nitrogen functional groups attached to an aromatic ring is 1. The largest absolute Gasteiger partial charge is 0.470 e. The number of aliphatic hydroxyl groups excluding tert-OH is 2. The molecular formula is C11H17N5O8P+. The minimum atomic E-state index is -4.94. The fraction of sp³-hybridized carbons (Fsp3) is 0.545. The second-order valence-corrected chi connectivity index (χ2v) is 6.75. The number of fused-ring (bicyclic) bond motifs is 1. The molecule has 25 heavy (non-hydrogen) atoms. The van der Waals surface area contributed by atoms with Crippen LogP contribution in [0.1, 0.15) is 6.23 Å². The quantitative estimate of drug-likeness (QED) is 0.233. The molecule has 0 aromatic carbocycles. The van der Waals surface area contributed by atoms with Crippen molar-refractivity contribution >= 4 is 24.9 Å². The van der Waals surface area contributed by atoms with Gasteiger partial charge in [-0.2, -0.15) is 9.55 Å². The van der Waals surface area contributed by atoms with Crippen LogP contribution in [0.3, 0.4) is 0 Å². The molecule has 1 saturated heterocycles. The standard InChI is InChI=1S/C11H16N5O8P/c1-15-3-16(8-5(15)9(19)14-11(12)13-8)10-6(18)7(4(2-17)23-10)24-25(20,21)22/h3-4,6-7,10,17-18H,2H2,1H3,(H4-,12,13,14,19,20,21,22)/p+1/t4-,6-,7-,10-/m1/s1. The van der Waals surface area contributed by atoms with Crippen molar-refractivity contribution < 1.29 is 38.4 Å². The number of imidazole rings is 1. The van der Waals surface area contributed by atoms with E-state index in [0.29, 0.717) is 0 Å². The van der Waals surface area contributed by atoms with Crippen LogP contribution in [0.25, 0.3) is 11.2 Å². The Morgan fingerprint density at radius 1 is 1.56 bits per heavy atom. The molecule has 138 valence electrons. The predicted octanol–water partition coefficient (Wildman–Crippen LogP) is -3.14. The van der Waals surface area contributed by atoms with Crippen molar-refractivity contribution in [3.05, 3.63) is 16.7 Å². The molecule has 2 aromatic rings. The monoisotopic (exact) mass is 378 g/mol. The lowest BCUT2D eigenvalue weighted by Gasteiger charge is -2.18. The van der Waals surface area contributed by atoms with Gasteiger partial charge in [0.25, 0.3) is 11.2 Å². The highest BCUT2D eigenvalue weighted by atomic mass is 31.2. The Bertz CT molecular complexity index is 906. The molecule has 4 atom stereocenters. The number of hydrogen-bond donors (Lipinski definition) is 6. The minimum absolute atomic E-state index is 0.0846. The van der Waals surface area contributed by atoms with E-state index in [0.717, 1.165) is 0 Å². The fourth-order valence-electron chi connectivity index (χ4n) is 2.84. The summed E-state index contributed by atoms with van der Waals surface area (Å²) in [5, 5.41) is 19.7. The maximum Gasteiger partial charge on any atom is 0.470 e. The number of anilines is 1. The first kappa shape index (κ1) is 17.9. The maximum absolute atomic E-state index is 12.0. The molecule has 1 aliphatic heterocycles. The van der Waals surface area contributed by atoms with Gasteiger partial charge in [0.1, 0.15) is 18.3 Å². The first-order valence-electron chi connectivity index (χ1n) is 7.06. The number of ether oxygens (including phenoxy) is 1. The first-order chi connectivity index (χ1) is 11.6. The van der Waals surface area contributed by atoms with Gasteiger partial charge in [-0.1, -0.05) is 0 Å². The molecule has 14 heteroatoms. The molecule has 7 N–H and O–H groups in total. The number of nitrogens with one attached hydrogen (secondary N) is 1. The average Bonchev–Trinajstić information content (AvgIpc) is 2.96. The van der Waals surface area contributed by atoms with E-state index in [1.54, 1.807) is 7.05 Å². The van der Waals surface area contributed by atoms with Crippen LogP contribution in [-0.4, -0.2) is 59.5 Å². The normalized spacial score (nSPS) is 27.2. The van der Waals surface area contributed by atoms with E-state index in [4.69, 9.17) is 20.3 Å². The summed E-state index contributed by atoms with van der Waals surface area (Å²) >= 11 is 0. The van der Waals surface area contributed by atoms with Gasteiger partial charge in [0.05, 0.1) is 13.7 Å². The van der Waals surface area contributed by atoms with E-state index < -0.39 is 44.5 Å².